The Morgan fingerprint density at radius 3 is 2.40 bits per heavy atom. The summed E-state index contributed by atoms with van der Waals surface area (Å²) in [5, 5.41) is 0.990. The van der Waals surface area contributed by atoms with E-state index in [9.17, 15) is 9.59 Å². The van der Waals surface area contributed by atoms with Crippen molar-refractivity contribution >= 4 is 11.9 Å². The second-order valence-electron chi connectivity index (χ2n) is 5.60. The summed E-state index contributed by atoms with van der Waals surface area (Å²) in [6.07, 6.45) is 1.60. The average Bonchev–Trinajstić information content (AvgIpc) is 2.38. The summed E-state index contributed by atoms with van der Waals surface area (Å²) in [4.78, 5) is 29.7. The molecule has 1 aliphatic carbocycles. The summed E-state index contributed by atoms with van der Waals surface area (Å²) in [6.45, 7) is 5.23. The van der Waals surface area contributed by atoms with Crippen LogP contribution < -0.4 is 0 Å². The van der Waals surface area contributed by atoms with Gasteiger partial charge in [0.15, 0.2) is 6.10 Å². The minimum absolute atomic E-state index is 0.380. The van der Waals surface area contributed by atoms with Gasteiger partial charge in [-0.25, -0.2) is 4.79 Å². The maximum Gasteiger partial charge on any atom is 0.435 e. The molecule has 3 aliphatic rings. The number of hydrogen-bond donors (Lipinski definition) is 0. The lowest BCUT2D eigenvalue weighted by Gasteiger charge is -2.48. The number of Topliss-reactive ketones (excluding diaryl/α,β-unsaturated/α-hetero) is 1. The Labute approximate surface area is 117 Å². The summed E-state index contributed by atoms with van der Waals surface area (Å²) in [7, 11) is 2.70. The summed E-state index contributed by atoms with van der Waals surface area (Å²) >= 11 is 0. The third-order valence-corrected chi connectivity index (χ3v) is 3.12. The average molecular weight is 285 g/mol. The maximum absolute atomic E-state index is 12.2. The Bertz CT molecular complexity index is 448. The quantitative estimate of drug-likeness (QED) is 0.557. The smallest absolute Gasteiger partial charge is 0.435 e. The molecule has 0 saturated carbocycles. The van der Waals surface area contributed by atoms with Crippen molar-refractivity contribution in [1.29, 1.82) is 0 Å². The van der Waals surface area contributed by atoms with Gasteiger partial charge in [0.05, 0.1) is 0 Å². The van der Waals surface area contributed by atoms with Crippen LogP contribution in [0.1, 0.15) is 20.8 Å². The van der Waals surface area contributed by atoms with Crippen LogP contribution in [0.3, 0.4) is 0 Å². The van der Waals surface area contributed by atoms with Gasteiger partial charge in [-0.2, -0.15) is 5.06 Å². The molecule has 0 radical (unpaired) electrons. The van der Waals surface area contributed by atoms with E-state index in [0.29, 0.717) is 0 Å². The lowest BCUT2D eigenvalue weighted by molar-refractivity contribution is -0.307. The van der Waals surface area contributed by atoms with E-state index in [0.717, 1.165) is 5.06 Å². The molecule has 112 valence electrons. The molecule has 0 N–H and O–H groups in total. The van der Waals surface area contributed by atoms with Crippen LogP contribution in [0.15, 0.2) is 12.2 Å². The number of hydroxylamine groups is 2. The Balaban J connectivity index is 2.29. The largest absolute Gasteiger partial charge is 0.442 e. The van der Waals surface area contributed by atoms with Crippen molar-refractivity contribution < 1.29 is 28.6 Å². The van der Waals surface area contributed by atoms with Crippen molar-refractivity contribution in [1.82, 2.24) is 5.06 Å². The molecule has 2 heterocycles. The van der Waals surface area contributed by atoms with E-state index >= 15 is 0 Å². The van der Waals surface area contributed by atoms with Crippen molar-refractivity contribution in [3.8, 4) is 0 Å². The van der Waals surface area contributed by atoms with Gasteiger partial charge in [0.25, 0.3) is 5.79 Å². The molecule has 1 saturated heterocycles. The van der Waals surface area contributed by atoms with E-state index in [1.165, 1.54) is 14.2 Å². The van der Waals surface area contributed by atoms with Gasteiger partial charge in [-0.3, -0.25) is 9.63 Å². The van der Waals surface area contributed by atoms with E-state index in [2.05, 4.69) is 0 Å². The molecule has 1 fully saturated rings. The van der Waals surface area contributed by atoms with Crippen LogP contribution in [-0.2, 0) is 23.8 Å². The Morgan fingerprint density at radius 1 is 1.30 bits per heavy atom. The van der Waals surface area contributed by atoms with Crippen molar-refractivity contribution in [2.24, 2.45) is 0 Å². The minimum Gasteiger partial charge on any atom is -0.442 e. The Kier molecular flexibility index (Phi) is 3.62. The molecule has 3 rings (SSSR count). The summed E-state index contributed by atoms with van der Waals surface area (Å²) < 4.78 is 15.7. The molecule has 0 aromatic rings. The van der Waals surface area contributed by atoms with E-state index in [1.54, 1.807) is 32.9 Å². The molecular formula is C13H19NO6. The highest BCUT2D eigenvalue weighted by Crippen LogP contribution is 2.36. The van der Waals surface area contributed by atoms with E-state index < -0.39 is 29.6 Å². The number of ketones is 1. The molecule has 1 amide bonds. The zero-order chi connectivity index (χ0) is 15.1. The third-order valence-electron chi connectivity index (χ3n) is 3.12. The molecule has 20 heavy (non-hydrogen) atoms. The van der Waals surface area contributed by atoms with Gasteiger partial charge in [-0.05, 0) is 26.8 Å². The second-order valence-corrected chi connectivity index (χ2v) is 5.60. The first-order chi connectivity index (χ1) is 9.25. The highest BCUT2D eigenvalue weighted by molar-refractivity contribution is 5.95. The fraction of sp³-hybridized carbons (Fsp3) is 0.692. The van der Waals surface area contributed by atoms with Crippen LogP contribution in [0.5, 0.6) is 0 Å². The fourth-order valence-electron chi connectivity index (χ4n) is 2.26. The molecule has 2 atom stereocenters. The van der Waals surface area contributed by atoms with Gasteiger partial charge in [0, 0.05) is 14.2 Å². The van der Waals surface area contributed by atoms with Crippen LogP contribution in [0.25, 0.3) is 0 Å². The minimum atomic E-state index is -1.56. The van der Waals surface area contributed by atoms with Crippen molar-refractivity contribution in [3.05, 3.63) is 12.2 Å². The monoisotopic (exact) mass is 285 g/mol. The highest BCUT2D eigenvalue weighted by atomic mass is 16.8. The van der Waals surface area contributed by atoms with Crippen LogP contribution >= 0.6 is 0 Å². The van der Waals surface area contributed by atoms with Crippen molar-refractivity contribution in [2.75, 3.05) is 14.2 Å². The SMILES string of the molecule is COC1(OC)C(=O)[C@@H]2C=C[C@H]1N(C(=O)OC(C)(C)C)O2. The number of nitrogens with zero attached hydrogens (tertiary/aromatic N) is 1. The van der Waals surface area contributed by atoms with E-state index in [-0.39, 0.29) is 5.78 Å². The normalized spacial score (nSPS) is 27.9. The van der Waals surface area contributed by atoms with Crippen molar-refractivity contribution in [3.63, 3.8) is 0 Å². The molecule has 0 aromatic heterocycles. The number of carbonyl (C=O) groups excluding carboxylic acids is 2. The third kappa shape index (κ3) is 2.21. The fourth-order valence-corrected chi connectivity index (χ4v) is 2.26. The van der Waals surface area contributed by atoms with Gasteiger partial charge in [-0.15, -0.1) is 0 Å². The van der Waals surface area contributed by atoms with Gasteiger partial charge in [0.1, 0.15) is 11.6 Å². The highest BCUT2D eigenvalue weighted by Gasteiger charge is 2.60. The van der Waals surface area contributed by atoms with Crippen molar-refractivity contribution in [2.45, 2.75) is 44.3 Å². The van der Waals surface area contributed by atoms with Crippen LogP contribution in [0, 0.1) is 0 Å². The predicted octanol–water partition coefficient (Wildman–Crippen LogP) is 1.03. The molecular weight excluding hydrogens is 266 g/mol. The van der Waals surface area contributed by atoms with Crippen LogP contribution in [0.4, 0.5) is 4.79 Å². The van der Waals surface area contributed by atoms with E-state index in [4.69, 9.17) is 19.0 Å². The molecule has 0 unspecified atom stereocenters. The molecule has 2 bridgehead atoms. The number of carbonyl (C=O) groups is 2. The first-order valence-electron chi connectivity index (χ1n) is 6.27. The number of methoxy groups -OCH3 is 2. The second kappa shape index (κ2) is 4.83. The number of fused-ring (bicyclic) bond motifs is 2. The lowest BCUT2D eigenvalue weighted by Crippen LogP contribution is -2.70. The zero-order valence-electron chi connectivity index (χ0n) is 12.2. The van der Waals surface area contributed by atoms with Crippen LogP contribution in [-0.4, -0.2) is 54.7 Å². The number of ether oxygens (including phenoxy) is 3. The lowest BCUT2D eigenvalue weighted by atomic mass is 9.89. The molecule has 7 nitrogen and oxygen atoms in total. The zero-order valence-corrected chi connectivity index (χ0v) is 12.2. The van der Waals surface area contributed by atoms with E-state index in [1.807, 2.05) is 0 Å². The Hall–Kier alpha value is -1.44. The number of hydrogen-bond acceptors (Lipinski definition) is 6. The van der Waals surface area contributed by atoms with Gasteiger partial charge >= 0.3 is 6.09 Å². The molecule has 7 heteroatoms. The molecule has 0 aromatic carbocycles. The topological polar surface area (TPSA) is 74.3 Å². The van der Waals surface area contributed by atoms with Crippen LogP contribution in [0.2, 0.25) is 0 Å². The summed E-state index contributed by atoms with van der Waals surface area (Å²) in [5.74, 6) is -1.94. The first kappa shape index (κ1) is 15.0. The number of rotatable bonds is 2. The molecule has 0 spiro atoms. The Morgan fingerprint density at radius 2 is 1.90 bits per heavy atom. The van der Waals surface area contributed by atoms with Gasteiger partial charge in [-0.1, -0.05) is 6.08 Å². The number of amides is 1. The predicted molar refractivity (Wildman–Crippen MR) is 67.6 cm³/mol. The van der Waals surface area contributed by atoms with Gasteiger partial charge < -0.3 is 14.2 Å². The standard InChI is InChI=1S/C13H19NO6/c1-12(2,3)19-11(16)14-9-7-6-8(20-14)10(15)13(9,17-4)18-5/h6-9H,1-5H3/t8-,9+/m0/s1. The first-order valence-corrected chi connectivity index (χ1v) is 6.27. The summed E-state index contributed by atoms with van der Waals surface area (Å²) in [5.41, 5.74) is -0.673. The summed E-state index contributed by atoms with van der Waals surface area (Å²) in [6, 6.07) is -0.829. The van der Waals surface area contributed by atoms with Gasteiger partial charge in [0.2, 0.25) is 5.78 Å². The molecule has 2 aliphatic heterocycles. The maximum atomic E-state index is 12.2.